The van der Waals surface area contributed by atoms with Gasteiger partial charge in [-0.1, -0.05) is 35.3 Å². The number of halogens is 2. The highest BCUT2D eigenvalue weighted by molar-refractivity contribution is 6.40. The summed E-state index contributed by atoms with van der Waals surface area (Å²) in [7, 11) is 0. The summed E-state index contributed by atoms with van der Waals surface area (Å²) in [5.74, 6) is -0.374. The van der Waals surface area contributed by atoms with Crippen LogP contribution < -0.4 is 11.1 Å². The summed E-state index contributed by atoms with van der Waals surface area (Å²) in [6, 6.07) is 8.59. The van der Waals surface area contributed by atoms with E-state index in [1.807, 2.05) is 19.9 Å². The lowest BCUT2D eigenvalue weighted by Crippen LogP contribution is -2.15. The summed E-state index contributed by atoms with van der Waals surface area (Å²) in [5.41, 5.74) is 9.21. The van der Waals surface area contributed by atoms with E-state index in [9.17, 15) is 4.79 Å². The van der Waals surface area contributed by atoms with Gasteiger partial charge in [-0.25, -0.2) is 0 Å². The van der Waals surface area contributed by atoms with Crippen molar-refractivity contribution < 1.29 is 4.79 Å². The van der Waals surface area contributed by atoms with E-state index in [0.717, 1.165) is 11.1 Å². The van der Waals surface area contributed by atoms with Crippen molar-refractivity contribution in [3.8, 4) is 0 Å². The first-order valence-electron chi connectivity index (χ1n) is 6.03. The highest BCUT2D eigenvalue weighted by Crippen LogP contribution is 2.29. The summed E-state index contributed by atoms with van der Waals surface area (Å²) in [6.45, 7) is 3.85. The van der Waals surface area contributed by atoms with Gasteiger partial charge < -0.3 is 11.1 Å². The van der Waals surface area contributed by atoms with Crippen LogP contribution in [-0.2, 0) is 0 Å². The molecule has 104 valence electrons. The van der Waals surface area contributed by atoms with Crippen molar-refractivity contribution in [2.24, 2.45) is 0 Å². The molecule has 5 heteroatoms. The second-order valence-electron chi connectivity index (χ2n) is 4.52. The van der Waals surface area contributed by atoms with Gasteiger partial charge in [-0.15, -0.1) is 0 Å². The molecule has 0 fully saturated rings. The van der Waals surface area contributed by atoms with E-state index in [0.29, 0.717) is 21.4 Å². The monoisotopic (exact) mass is 308 g/mol. The molecule has 0 bridgehead atoms. The molecular weight excluding hydrogens is 295 g/mol. The highest BCUT2D eigenvalue weighted by atomic mass is 35.5. The number of anilines is 2. The first kappa shape index (κ1) is 14.7. The van der Waals surface area contributed by atoms with E-state index in [1.54, 1.807) is 24.3 Å². The molecule has 0 aromatic heterocycles. The maximum atomic E-state index is 12.3. The van der Waals surface area contributed by atoms with Gasteiger partial charge in [0.1, 0.15) is 0 Å². The summed E-state index contributed by atoms with van der Waals surface area (Å²) in [6.07, 6.45) is 0. The Hall–Kier alpha value is -1.71. The van der Waals surface area contributed by atoms with Gasteiger partial charge in [0.2, 0.25) is 0 Å². The summed E-state index contributed by atoms with van der Waals surface area (Å²) >= 11 is 12.0. The molecule has 0 atom stereocenters. The van der Waals surface area contributed by atoms with Crippen molar-refractivity contribution in [1.29, 1.82) is 0 Å². The van der Waals surface area contributed by atoms with Gasteiger partial charge in [0.15, 0.2) is 0 Å². The smallest absolute Gasteiger partial charge is 0.258 e. The molecule has 3 nitrogen and oxygen atoms in total. The van der Waals surface area contributed by atoms with Crippen molar-refractivity contribution in [3.05, 3.63) is 57.1 Å². The van der Waals surface area contributed by atoms with Crippen LogP contribution in [0.2, 0.25) is 10.0 Å². The average molecular weight is 309 g/mol. The van der Waals surface area contributed by atoms with Crippen molar-refractivity contribution in [2.45, 2.75) is 13.8 Å². The minimum Gasteiger partial charge on any atom is -0.397 e. The van der Waals surface area contributed by atoms with Crippen LogP contribution in [0.25, 0.3) is 0 Å². The number of hydrogen-bond acceptors (Lipinski definition) is 2. The lowest BCUT2D eigenvalue weighted by Gasteiger charge is -2.14. The van der Waals surface area contributed by atoms with Crippen LogP contribution in [0.1, 0.15) is 21.5 Å². The highest BCUT2D eigenvalue weighted by Gasteiger charge is 2.17. The topological polar surface area (TPSA) is 55.1 Å². The van der Waals surface area contributed by atoms with Crippen molar-refractivity contribution in [1.82, 2.24) is 0 Å². The molecule has 3 N–H and O–H groups in total. The molecule has 0 radical (unpaired) electrons. The van der Waals surface area contributed by atoms with E-state index < -0.39 is 0 Å². The third-order valence-corrected chi connectivity index (χ3v) is 3.83. The van der Waals surface area contributed by atoms with Crippen LogP contribution in [0.3, 0.4) is 0 Å². The van der Waals surface area contributed by atoms with Gasteiger partial charge >= 0.3 is 0 Å². The fourth-order valence-electron chi connectivity index (χ4n) is 1.89. The number of aryl methyl sites for hydroxylation is 1. The second kappa shape index (κ2) is 5.73. The molecule has 2 aromatic carbocycles. The Bertz CT molecular complexity index is 664. The molecular formula is C15H14Cl2N2O. The van der Waals surface area contributed by atoms with Crippen LogP contribution in [-0.4, -0.2) is 5.91 Å². The summed E-state index contributed by atoms with van der Waals surface area (Å²) < 4.78 is 0. The normalized spacial score (nSPS) is 10.4. The lowest BCUT2D eigenvalue weighted by atomic mass is 10.1. The van der Waals surface area contributed by atoms with E-state index in [2.05, 4.69) is 5.32 Å². The Kier molecular flexibility index (Phi) is 4.21. The van der Waals surface area contributed by atoms with Crippen LogP contribution in [0.5, 0.6) is 0 Å². The minimum absolute atomic E-state index is 0.246. The Morgan fingerprint density at radius 2 is 1.70 bits per heavy atom. The van der Waals surface area contributed by atoms with Crippen LogP contribution >= 0.6 is 23.2 Å². The third-order valence-electron chi connectivity index (χ3n) is 3.20. The standard InChI is InChI=1S/C15H14Cl2N2O/c1-8-6-7-12(18)14(9(8)2)19-15(20)13-10(16)4-3-5-11(13)17/h3-7H,18H2,1-2H3,(H,19,20). The molecule has 0 saturated carbocycles. The molecule has 0 heterocycles. The number of hydrogen-bond donors (Lipinski definition) is 2. The SMILES string of the molecule is Cc1ccc(N)c(NC(=O)c2c(Cl)cccc2Cl)c1C. The fraction of sp³-hybridized carbons (Fsp3) is 0.133. The number of nitrogens with two attached hydrogens (primary N) is 1. The largest absolute Gasteiger partial charge is 0.397 e. The number of benzene rings is 2. The van der Waals surface area contributed by atoms with E-state index in [4.69, 9.17) is 28.9 Å². The zero-order valence-corrected chi connectivity index (χ0v) is 12.6. The zero-order valence-electron chi connectivity index (χ0n) is 11.1. The van der Waals surface area contributed by atoms with Gasteiger partial charge in [-0.3, -0.25) is 4.79 Å². The minimum atomic E-state index is -0.374. The maximum Gasteiger partial charge on any atom is 0.258 e. The van der Waals surface area contributed by atoms with Crippen molar-refractivity contribution in [3.63, 3.8) is 0 Å². The van der Waals surface area contributed by atoms with Crippen molar-refractivity contribution in [2.75, 3.05) is 11.1 Å². The number of nitrogens with one attached hydrogen (secondary N) is 1. The zero-order chi connectivity index (χ0) is 14.9. The Balaban J connectivity index is 2.41. The maximum absolute atomic E-state index is 12.3. The van der Waals surface area contributed by atoms with E-state index in [-0.39, 0.29) is 11.5 Å². The number of amides is 1. The van der Waals surface area contributed by atoms with Crippen molar-refractivity contribution >= 4 is 40.5 Å². The number of carbonyl (C=O) groups excluding carboxylic acids is 1. The average Bonchev–Trinajstić information content (AvgIpc) is 2.39. The predicted octanol–water partition coefficient (Wildman–Crippen LogP) is 4.44. The molecule has 1 amide bonds. The molecule has 0 spiro atoms. The number of carbonyl (C=O) groups is 1. The Labute approximate surface area is 127 Å². The molecule has 0 unspecified atom stereocenters. The van der Waals surface area contributed by atoms with Crippen LogP contribution in [0.15, 0.2) is 30.3 Å². The van der Waals surface area contributed by atoms with Gasteiger partial charge in [0.05, 0.1) is 27.0 Å². The Morgan fingerprint density at radius 1 is 1.10 bits per heavy atom. The fourth-order valence-corrected chi connectivity index (χ4v) is 2.46. The molecule has 0 aliphatic heterocycles. The first-order chi connectivity index (χ1) is 9.41. The van der Waals surface area contributed by atoms with E-state index in [1.165, 1.54) is 0 Å². The van der Waals surface area contributed by atoms with Crippen LogP contribution in [0, 0.1) is 13.8 Å². The second-order valence-corrected chi connectivity index (χ2v) is 5.34. The summed E-state index contributed by atoms with van der Waals surface area (Å²) in [4.78, 5) is 12.3. The van der Waals surface area contributed by atoms with Gasteiger partial charge in [-0.2, -0.15) is 0 Å². The first-order valence-corrected chi connectivity index (χ1v) is 6.78. The van der Waals surface area contributed by atoms with Gasteiger partial charge in [-0.05, 0) is 43.2 Å². The van der Waals surface area contributed by atoms with Gasteiger partial charge in [0, 0.05) is 0 Å². The quantitative estimate of drug-likeness (QED) is 0.806. The third kappa shape index (κ3) is 2.74. The summed E-state index contributed by atoms with van der Waals surface area (Å²) in [5, 5.41) is 3.39. The van der Waals surface area contributed by atoms with Gasteiger partial charge in [0.25, 0.3) is 5.91 Å². The Morgan fingerprint density at radius 3 is 2.30 bits per heavy atom. The molecule has 0 aliphatic carbocycles. The molecule has 0 aliphatic rings. The molecule has 20 heavy (non-hydrogen) atoms. The number of rotatable bonds is 2. The molecule has 2 aromatic rings. The molecule has 0 saturated heterocycles. The van der Waals surface area contributed by atoms with E-state index >= 15 is 0 Å². The number of nitrogen functional groups attached to an aromatic ring is 1. The predicted molar refractivity (Wildman–Crippen MR) is 84.7 cm³/mol. The molecule has 2 rings (SSSR count). The lowest BCUT2D eigenvalue weighted by molar-refractivity contribution is 0.102. The van der Waals surface area contributed by atoms with Crippen LogP contribution in [0.4, 0.5) is 11.4 Å².